The molecule has 0 radical (unpaired) electrons. The van der Waals surface area contributed by atoms with Crippen LogP contribution in [0.5, 0.6) is 0 Å². The molecule has 1 aliphatic rings. The van der Waals surface area contributed by atoms with E-state index >= 15 is 0 Å². The number of imidazole rings is 1. The van der Waals surface area contributed by atoms with Crippen molar-refractivity contribution in [1.82, 2.24) is 24.8 Å². The number of benzene rings is 1. The van der Waals surface area contributed by atoms with Crippen LogP contribution in [-0.2, 0) is 18.3 Å². The smallest absolute Gasteiger partial charge is 0.128 e. The number of aromatic nitrogens is 3. The Morgan fingerprint density at radius 3 is 3.08 bits per heavy atom. The molecule has 4 rings (SSSR count). The number of morpholine rings is 1. The van der Waals surface area contributed by atoms with Crippen molar-refractivity contribution >= 4 is 10.9 Å². The van der Waals surface area contributed by atoms with Gasteiger partial charge in [-0.25, -0.2) is 4.98 Å². The summed E-state index contributed by atoms with van der Waals surface area (Å²) in [5.74, 6) is 1.08. The summed E-state index contributed by atoms with van der Waals surface area (Å²) < 4.78 is 8.25. The van der Waals surface area contributed by atoms with E-state index in [2.05, 4.69) is 63.0 Å². The van der Waals surface area contributed by atoms with Gasteiger partial charge in [0, 0.05) is 56.2 Å². The highest BCUT2D eigenvalue weighted by Gasteiger charge is 2.35. The van der Waals surface area contributed by atoms with Gasteiger partial charge in [0.25, 0.3) is 0 Å². The maximum atomic E-state index is 6.15. The fourth-order valence-electron chi connectivity index (χ4n) is 3.96. The lowest BCUT2D eigenvalue weighted by Gasteiger charge is -2.40. The van der Waals surface area contributed by atoms with Gasteiger partial charge in [-0.2, -0.15) is 0 Å². The van der Waals surface area contributed by atoms with Crippen molar-refractivity contribution in [2.45, 2.75) is 25.6 Å². The highest BCUT2D eigenvalue weighted by atomic mass is 16.5. The van der Waals surface area contributed by atoms with E-state index in [1.165, 1.54) is 16.5 Å². The van der Waals surface area contributed by atoms with Gasteiger partial charge in [0.15, 0.2) is 0 Å². The third kappa shape index (κ3) is 3.28. The van der Waals surface area contributed by atoms with Crippen LogP contribution in [0.1, 0.15) is 24.4 Å². The summed E-state index contributed by atoms with van der Waals surface area (Å²) in [6.45, 7) is 6.56. The summed E-state index contributed by atoms with van der Waals surface area (Å²) in [5, 5.41) is 4.88. The molecule has 0 bridgehead atoms. The summed E-state index contributed by atoms with van der Waals surface area (Å²) in [4.78, 5) is 10.3. The summed E-state index contributed by atoms with van der Waals surface area (Å²) in [6, 6.07) is 8.71. The van der Waals surface area contributed by atoms with E-state index in [1.54, 1.807) is 0 Å². The number of hydrogen-bond acceptors (Lipinski definition) is 4. The number of hydrogen-bond donors (Lipinski definition) is 2. The number of H-pyrrole nitrogens is 1. The van der Waals surface area contributed by atoms with Gasteiger partial charge in [-0.05, 0) is 24.2 Å². The predicted molar refractivity (Wildman–Crippen MR) is 103 cm³/mol. The Morgan fingerprint density at radius 1 is 1.35 bits per heavy atom. The molecule has 0 unspecified atom stereocenters. The zero-order valence-corrected chi connectivity index (χ0v) is 15.5. The molecule has 1 aromatic carbocycles. The van der Waals surface area contributed by atoms with Crippen LogP contribution in [0.15, 0.2) is 42.9 Å². The van der Waals surface area contributed by atoms with Gasteiger partial charge in [0.2, 0.25) is 0 Å². The highest BCUT2D eigenvalue weighted by molar-refractivity contribution is 5.82. The number of rotatable bonds is 6. The van der Waals surface area contributed by atoms with Crippen molar-refractivity contribution in [1.29, 1.82) is 0 Å². The van der Waals surface area contributed by atoms with E-state index in [4.69, 9.17) is 4.74 Å². The summed E-state index contributed by atoms with van der Waals surface area (Å²) in [6.07, 6.45) is 5.97. The van der Waals surface area contributed by atoms with Crippen LogP contribution in [-0.4, -0.2) is 51.8 Å². The Hall–Kier alpha value is -2.15. The Labute approximate surface area is 154 Å². The Bertz CT molecular complexity index is 855. The minimum absolute atomic E-state index is 0.0928. The van der Waals surface area contributed by atoms with Gasteiger partial charge < -0.3 is 19.6 Å². The zero-order chi connectivity index (χ0) is 17.9. The van der Waals surface area contributed by atoms with Crippen molar-refractivity contribution < 1.29 is 4.74 Å². The van der Waals surface area contributed by atoms with Crippen LogP contribution in [0.4, 0.5) is 0 Å². The topological polar surface area (TPSA) is 58.1 Å². The Kier molecular flexibility index (Phi) is 5.06. The molecule has 0 spiro atoms. The first-order valence-electron chi connectivity index (χ1n) is 9.36. The van der Waals surface area contributed by atoms with Crippen molar-refractivity contribution in [3.8, 4) is 0 Å². The SMILES string of the molecule is CCN1CCO[C@@H](CNCc2cccc3[nH]ccc23)[C@@H]1c1nccn1C. The van der Waals surface area contributed by atoms with Crippen LogP contribution in [0, 0.1) is 0 Å². The van der Waals surface area contributed by atoms with Gasteiger partial charge in [-0.15, -0.1) is 0 Å². The van der Waals surface area contributed by atoms with Gasteiger partial charge in [0.1, 0.15) is 5.82 Å². The van der Waals surface area contributed by atoms with Gasteiger partial charge >= 0.3 is 0 Å². The Balaban J connectivity index is 1.47. The number of nitrogens with one attached hydrogen (secondary N) is 2. The average molecular weight is 353 g/mol. The maximum absolute atomic E-state index is 6.15. The quantitative estimate of drug-likeness (QED) is 0.715. The lowest BCUT2D eigenvalue weighted by Crippen LogP contribution is -2.49. The molecule has 0 saturated carbocycles. The first-order valence-corrected chi connectivity index (χ1v) is 9.36. The fourth-order valence-corrected chi connectivity index (χ4v) is 3.96. The van der Waals surface area contributed by atoms with E-state index < -0.39 is 0 Å². The van der Waals surface area contributed by atoms with Crippen molar-refractivity contribution in [2.24, 2.45) is 7.05 Å². The van der Waals surface area contributed by atoms with Gasteiger partial charge in [0.05, 0.1) is 18.8 Å². The van der Waals surface area contributed by atoms with Crippen LogP contribution >= 0.6 is 0 Å². The molecular weight excluding hydrogens is 326 g/mol. The summed E-state index contributed by atoms with van der Waals surface area (Å²) in [7, 11) is 2.06. The second-order valence-corrected chi connectivity index (χ2v) is 6.87. The zero-order valence-electron chi connectivity index (χ0n) is 15.5. The minimum Gasteiger partial charge on any atom is -0.373 e. The van der Waals surface area contributed by atoms with Gasteiger partial charge in [-0.1, -0.05) is 19.1 Å². The van der Waals surface area contributed by atoms with Crippen LogP contribution in [0.3, 0.4) is 0 Å². The van der Waals surface area contributed by atoms with Crippen molar-refractivity contribution in [3.05, 3.63) is 54.2 Å². The number of fused-ring (bicyclic) bond motifs is 1. The highest BCUT2D eigenvalue weighted by Crippen LogP contribution is 2.28. The average Bonchev–Trinajstić information content (AvgIpc) is 3.30. The lowest BCUT2D eigenvalue weighted by atomic mass is 10.1. The fraction of sp³-hybridized carbons (Fsp3) is 0.450. The molecule has 26 heavy (non-hydrogen) atoms. The summed E-state index contributed by atoms with van der Waals surface area (Å²) >= 11 is 0. The number of aryl methyl sites for hydroxylation is 1. The van der Waals surface area contributed by atoms with E-state index in [-0.39, 0.29) is 12.1 Å². The number of likely N-dealkylation sites (N-methyl/N-ethyl adjacent to an activating group) is 1. The molecule has 1 saturated heterocycles. The van der Waals surface area contributed by atoms with E-state index in [0.717, 1.165) is 38.6 Å². The molecule has 2 aromatic heterocycles. The third-order valence-corrected chi connectivity index (χ3v) is 5.33. The molecule has 2 atom stereocenters. The molecule has 6 heteroatoms. The molecule has 2 N–H and O–H groups in total. The van der Waals surface area contributed by atoms with Crippen LogP contribution in [0.2, 0.25) is 0 Å². The molecule has 3 heterocycles. The first-order chi connectivity index (χ1) is 12.8. The largest absolute Gasteiger partial charge is 0.373 e. The molecular formula is C20H27N5O. The second-order valence-electron chi connectivity index (χ2n) is 6.87. The second kappa shape index (κ2) is 7.61. The Morgan fingerprint density at radius 2 is 2.27 bits per heavy atom. The van der Waals surface area contributed by atoms with Crippen molar-refractivity contribution in [2.75, 3.05) is 26.2 Å². The normalized spacial score (nSPS) is 21.5. The number of aromatic amines is 1. The number of nitrogens with zero attached hydrogens (tertiary/aromatic N) is 3. The molecule has 6 nitrogen and oxygen atoms in total. The van der Waals surface area contributed by atoms with E-state index in [0.29, 0.717) is 0 Å². The van der Waals surface area contributed by atoms with Crippen LogP contribution < -0.4 is 5.32 Å². The van der Waals surface area contributed by atoms with Gasteiger partial charge in [-0.3, -0.25) is 4.90 Å². The molecule has 0 aliphatic carbocycles. The molecule has 1 fully saturated rings. The summed E-state index contributed by atoms with van der Waals surface area (Å²) in [5.41, 5.74) is 2.49. The molecule has 138 valence electrons. The number of ether oxygens (including phenoxy) is 1. The standard InChI is InChI=1S/C20H27N5O/c1-3-25-11-12-26-18(19(25)20-23-9-10-24(20)2)14-21-13-15-5-4-6-17-16(15)7-8-22-17/h4-10,18-19,21-22H,3,11-14H2,1-2H3/t18-,19+/m0/s1. The lowest BCUT2D eigenvalue weighted by molar-refractivity contribution is -0.0729. The van der Waals surface area contributed by atoms with E-state index in [9.17, 15) is 0 Å². The van der Waals surface area contributed by atoms with Crippen LogP contribution in [0.25, 0.3) is 10.9 Å². The minimum atomic E-state index is 0.0928. The molecule has 1 aliphatic heterocycles. The third-order valence-electron chi connectivity index (χ3n) is 5.33. The van der Waals surface area contributed by atoms with E-state index in [1.807, 2.05) is 18.6 Å². The first kappa shape index (κ1) is 17.3. The predicted octanol–water partition coefficient (Wildman–Crippen LogP) is 2.45. The van der Waals surface area contributed by atoms with Crippen molar-refractivity contribution in [3.63, 3.8) is 0 Å². The molecule has 3 aromatic rings. The maximum Gasteiger partial charge on any atom is 0.128 e. The molecule has 0 amide bonds. The monoisotopic (exact) mass is 353 g/mol.